The second-order valence-corrected chi connectivity index (χ2v) is 4.41. The largest absolute Gasteiger partial charge is 0.419 e. The van der Waals surface area contributed by atoms with Crippen molar-refractivity contribution in [1.29, 1.82) is 0 Å². The minimum Gasteiger partial charge on any atom is -0.381 e. The molecule has 1 fully saturated rings. The summed E-state index contributed by atoms with van der Waals surface area (Å²) >= 11 is 0. The lowest BCUT2D eigenvalue weighted by atomic mass is 9.90. The van der Waals surface area contributed by atoms with E-state index in [1.165, 1.54) is 0 Å². The maximum atomic E-state index is 13.8. The van der Waals surface area contributed by atoms with Crippen molar-refractivity contribution >= 4 is 6.41 Å². The molecule has 20 heavy (non-hydrogen) atoms. The van der Waals surface area contributed by atoms with E-state index in [1.54, 1.807) is 0 Å². The summed E-state index contributed by atoms with van der Waals surface area (Å²) in [6.45, 7) is 0.432. The molecule has 0 saturated carbocycles. The Kier molecular flexibility index (Phi) is 3.94. The van der Waals surface area contributed by atoms with Gasteiger partial charge in [0, 0.05) is 11.5 Å². The fraction of sp³-hybridized carbons (Fsp3) is 0.417. The molecule has 1 heterocycles. The second-order valence-electron chi connectivity index (χ2n) is 4.41. The summed E-state index contributed by atoms with van der Waals surface area (Å²) in [6.07, 6.45) is -4.69. The molecular weight excluding hydrogens is 285 g/mol. The Bertz CT molecular complexity index is 513. The van der Waals surface area contributed by atoms with Gasteiger partial charge in [0.2, 0.25) is 6.41 Å². The number of carbonyl (C=O) groups is 1. The van der Waals surface area contributed by atoms with Gasteiger partial charge in [-0.3, -0.25) is 4.79 Å². The molecule has 0 radical (unpaired) electrons. The number of alkyl halides is 3. The normalized spacial score (nSPS) is 17.4. The Morgan fingerprint density at radius 1 is 1.25 bits per heavy atom. The van der Waals surface area contributed by atoms with Crippen LogP contribution in [0.25, 0.3) is 0 Å². The number of nitrogens with one attached hydrogen (secondary N) is 1. The van der Waals surface area contributed by atoms with Gasteiger partial charge in [-0.2, -0.15) is 13.2 Å². The first kappa shape index (κ1) is 14.7. The summed E-state index contributed by atoms with van der Waals surface area (Å²) in [7, 11) is 0. The topological polar surface area (TPSA) is 38.3 Å². The lowest BCUT2D eigenvalue weighted by Crippen LogP contribution is -2.40. The van der Waals surface area contributed by atoms with Crippen molar-refractivity contribution in [1.82, 2.24) is 5.32 Å². The molecule has 3 nitrogen and oxygen atoms in total. The molecule has 2 rings (SSSR count). The minimum absolute atomic E-state index is 0.101. The van der Waals surface area contributed by atoms with E-state index in [0.29, 0.717) is 6.07 Å². The molecule has 1 aliphatic heterocycles. The third-order valence-electron chi connectivity index (χ3n) is 3.11. The van der Waals surface area contributed by atoms with Gasteiger partial charge >= 0.3 is 6.18 Å². The molecular formula is C12H10F5NO2. The molecule has 0 aliphatic carbocycles. The van der Waals surface area contributed by atoms with E-state index in [0.717, 1.165) is 0 Å². The van der Waals surface area contributed by atoms with Gasteiger partial charge in [0.05, 0.1) is 24.8 Å². The maximum Gasteiger partial charge on any atom is 0.419 e. The van der Waals surface area contributed by atoms with Gasteiger partial charge in [0.1, 0.15) is 11.6 Å². The highest BCUT2D eigenvalue weighted by Gasteiger charge is 2.37. The van der Waals surface area contributed by atoms with Gasteiger partial charge in [-0.1, -0.05) is 0 Å². The van der Waals surface area contributed by atoms with E-state index >= 15 is 0 Å². The Hall–Kier alpha value is -1.70. The summed E-state index contributed by atoms with van der Waals surface area (Å²) in [5.74, 6) is -3.09. The van der Waals surface area contributed by atoms with Crippen molar-refractivity contribution in [3.05, 3.63) is 34.9 Å². The van der Waals surface area contributed by atoms with Crippen LogP contribution in [0.1, 0.15) is 17.2 Å². The predicted molar refractivity (Wildman–Crippen MR) is 57.6 cm³/mol. The van der Waals surface area contributed by atoms with E-state index in [-0.39, 0.29) is 37.2 Å². The summed E-state index contributed by atoms with van der Waals surface area (Å²) in [4.78, 5) is 10.5. The minimum atomic E-state index is -4.98. The van der Waals surface area contributed by atoms with Crippen LogP contribution >= 0.6 is 0 Å². The van der Waals surface area contributed by atoms with Gasteiger partial charge in [0.25, 0.3) is 0 Å². The SMILES string of the molecule is O=CN[C@@H](c1cc(F)c(C(F)(F)F)cc1F)C1COC1. The smallest absolute Gasteiger partial charge is 0.381 e. The van der Waals surface area contributed by atoms with Gasteiger partial charge in [-0.15, -0.1) is 0 Å². The summed E-state index contributed by atoms with van der Waals surface area (Å²) in [6, 6.07) is -0.348. The standard InChI is InChI=1S/C12H10F5NO2/c13-9-2-8(12(15,16)17)10(14)1-7(9)11(18-5-19)6-3-20-4-6/h1-2,5-6,11H,3-4H2,(H,18,19)/t11-/m1/s1. The van der Waals surface area contributed by atoms with Crippen molar-refractivity contribution in [2.75, 3.05) is 13.2 Å². The van der Waals surface area contributed by atoms with Gasteiger partial charge in [-0.05, 0) is 12.1 Å². The lowest BCUT2D eigenvalue weighted by Gasteiger charge is -2.33. The zero-order valence-electron chi connectivity index (χ0n) is 10.0. The van der Waals surface area contributed by atoms with Crippen molar-refractivity contribution < 1.29 is 31.5 Å². The number of halogens is 5. The molecule has 8 heteroatoms. The second kappa shape index (κ2) is 5.35. The molecule has 0 aromatic heterocycles. The van der Waals surface area contributed by atoms with E-state index in [9.17, 15) is 26.7 Å². The van der Waals surface area contributed by atoms with Gasteiger partial charge in [-0.25, -0.2) is 8.78 Å². The number of benzene rings is 1. The summed E-state index contributed by atoms with van der Waals surface area (Å²) < 4.78 is 69.5. The average molecular weight is 295 g/mol. The number of hydrogen-bond donors (Lipinski definition) is 1. The fourth-order valence-electron chi connectivity index (χ4n) is 2.02. The first-order valence-electron chi connectivity index (χ1n) is 5.68. The maximum absolute atomic E-state index is 13.8. The Labute approximate surface area is 110 Å². The van der Waals surface area contributed by atoms with E-state index < -0.39 is 29.4 Å². The molecule has 0 unspecified atom stereocenters. The molecule has 1 aliphatic rings. The van der Waals surface area contributed by atoms with Crippen LogP contribution in [0.5, 0.6) is 0 Å². The van der Waals surface area contributed by atoms with E-state index in [1.807, 2.05) is 0 Å². The number of rotatable bonds is 4. The van der Waals surface area contributed by atoms with Crippen LogP contribution in [-0.2, 0) is 15.7 Å². The number of ether oxygens (including phenoxy) is 1. The first-order valence-corrected chi connectivity index (χ1v) is 5.68. The van der Waals surface area contributed by atoms with Crippen LogP contribution in [-0.4, -0.2) is 19.6 Å². The summed E-state index contributed by atoms with van der Waals surface area (Å²) in [5.41, 5.74) is -2.00. The predicted octanol–water partition coefficient (Wildman–Crippen LogP) is 2.42. The Morgan fingerprint density at radius 2 is 1.90 bits per heavy atom. The van der Waals surface area contributed by atoms with Crippen LogP contribution in [0.2, 0.25) is 0 Å². The Morgan fingerprint density at radius 3 is 2.35 bits per heavy atom. The van der Waals surface area contributed by atoms with Gasteiger partial charge in [0.15, 0.2) is 0 Å². The molecule has 1 aromatic carbocycles. The highest BCUT2D eigenvalue weighted by molar-refractivity contribution is 5.48. The summed E-state index contributed by atoms with van der Waals surface area (Å²) in [5, 5.41) is 2.28. The molecule has 1 atom stereocenters. The quantitative estimate of drug-likeness (QED) is 0.684. The van der Waals surface area contributed by atoms with Crippen molar-refractivity contribution in [3.63, 3.8) is 0 Å². The van der Waals surface area contributed by atoms with E-state index in [4.69, 9.17) is 4.74 Å². The fourth-order valence-corrected chi connectivity index (χ4v) is 2.02. The zero-order valence-corrected chi connectivity index (χ0v) is 10.0. The number of amides is 1. The molecule has 110 valence electrons. The molecule has 0 spiro atoms. The van der Waals surface area contributed by atoms with Crippen LogP contribution in [0.3, 0.4) is 0 Å². The van der Waals surface area contributed by atoms with Crippen LogP contribution in [0.15, 0.2) is 12.1 Å². The Balaban J connectivity index is 2.40. The molecule has 0 bridgehead atoms. The third kappa shape index (κ3) is 2.74. The number of hydrogen-bond acceptors (Lipinski definition) is 2. The molecule has 1 N–H and O–H groups in total. The van der Waals surface area contributed by atoms with Crippen molar-refractivity contribution in [2.45, 2.75) is 12.2 Å². The highest BCUT2D eigenvalue weighted by atomic mass is 19.4. The van der Waals surface area contributed by atoms with E-state index in [2.05, 4.69) is 5.32 Å². The van der Waals surface area contributed by atoms with Crippen LogP contribution in [0.4, 0.5) is 22.0 Å². The van der Waals surface area contributed by atoms with Crippen LogP contribution in [0, 0.1) is 17.6 Å². The molecule has 1 amide bonds. The lowest BCUT2D eigenvalue weighted by molar-refractivity contribution is -0.140. The zero-order chi connectivity index (χ0) is 14.9. The average Bonchev–Trinajstić information content (AvgIpc) is 2.27. The molecule has 1 aromatic rings. The molecule has 1 saturated heterocycles. The number of carbonyl (C=O) groups excluding carboxylic acids is 1. The van der Waals surface area contributed by atoms with Crippen molar-refractivity contribution in [2.24, 2.45) is 5.92 Å². The van der Waals surface area contributed by atoms with Gasteiger partial charge < -0.3 is 10.1 Å². The first-order chi connectivity index (χ1) is 9.34. The van der Waals surface area contributed by atoms with Crippen molar-refractivity contribution in [3.8, 4) is 0 Å². The van der Waals surface area contributed by atoms with Crippen LogP contribution < -0.4 is 5.32 Å². The monoisotopic (exact) mass is 295 g/mol. The highest BCUT2D eigenvalue weighted by Crippen LogP contribution is 2.36. The third-order valence-corrected chi connectivity index (χ3v) is 3.11.